The molecule has 0 saturated carbocycles. The zero-order chi connectivity index (χ0) is 12.3. The summed E-state index contributed by atoms with van der Waals surface area (Å²) < 4.78 is 0. The number of hydrogen-bond acceptors (Lipinski definition) is 3. The highest BCUT2D eigenvalue weighted by Crippen LogP contribution is 2.17. The van der Waals surface area contributed by atoms with Crippen LogP contribution in [0.5, 0.6) is 5.75 Å². The number of benzene rings is 1. The first-order valence-electron chi connectivity index (χ1n) is 5.27. The van der Waals surface area contributed by atoms with Crippen molar-refractivity contribution in [3.63, 3.8) is 0 Å². The van der Waals surface area contributed by atoms with Crippen LogP contribution in [0.15, 0.2) is 35.7 Å². The molecule has 3 nitrogen and oxygen atoms in total. The summed E-state index contributed by atoms with van der Waals surface area (Å²) in [6.07, 6.45) is 0. The fraction of sp³-hybridized carbons (Fsp3) is 0.154. The molecule has 0 unspecified atom stereocenters. The van der Waals surface area contributed by atoms with Gasteiger partial charge < -0.3 is 10.4 Å². The molecular weight excluding hydrogens is 234 g/mol. The number of phenols is 1. The highest BCUT2D eigenvalue weighted by Gasteiger charge is 2.07. The number of nitrogens with one attached hydrogen (secondary N) is 1. The number of aryl methyl sites for hydroxylation is 1. The third kappa shape index (κ3) is 2.85. The quantitative estimate of drug-likeness (QED) is 0.876. The topological polar surface area (TPSA) is 49.3 Å². The molecule has 2 aromatic rings. The Balaban J connectivity index is 2.02. The first-order chi connectivity index (χ1) is 8.16. The summed E-state index contributed by atoms with van der Waals surface area (Å²) in [4.78, 5) is 12.9. The Labute approximate surface area is 104 Å². The van der Waals surface area contributed by atoms with Gasteiger partial charge in [0.25, 0.3) is 5.91 Å². The number of aromatic hydroxyl groups is 1. The van der Waals surface area contributed by atoms with Crippen molar-refractivity contribution in [2.45, 2.75) is 13.5 Å². The van der Waals surface area contributed by atoms with Gasteiger partial charge in [-0.3, -0.25) is 4.79 Å². The van der Waals surface area contributed by atoms with Crippen molar-refractivity contribution in [1.29, 1.82) is 0 Å². The fourth-order valence-corrected chi connectivity index (χ4v) is 2.08. The maximum absolute atomic E-state index is 11.8. The van der Waals surface area contributed by atoms with Crippen molar-refractivity contribution in [2.24, 2.45) is 0 Å². The molecule has 0 saturated heterocycles. The maximum Gasteiger partial charge on any atom is 0.251 e. The van der Waals surface area contributed by atoms with Crippen LogP contribution in [0.3, 0.4) is 0 Å². The van der Waals surface area contributed by atoms with Gasteiger partial charge in [0.15, 0.2) is 0 Å². The molecule has 1 heterocycles. The fourth-order valence-electron chi connectivity index (χ4n) is 1.43. The molecule has 17 heavy (non-hydrogen) atoms. The number of thiophene rings is 1. The van der Waals surface area contributed by atoms with Gasteiger partial charge in [0, 0.05) is 10.4 Å². The number of amides is 1. The summed E-state index contributed by atoms with van der Waals surface area (Å²) in [5.74, 6) is -0.0255. The molecule has 0 atom stereocenters. The zero-order valence-electron chi connectivity index (χ0n) is 9.43. The minimum absolute atomic E-state index is 0.147. The number of phenolic OH excluding ortho intramolecular Hbond substituents is 1. The highest BCUT2D eigenvalue weighted by atomic mass is 32.1. The van der Waals surface area contributed by atoms with Crippen LogP contribution in [0.1, 0.15) is 20.8 Å². The van der Waals surface area contributed by atoms with Crippen molar-refractivity contribution >= 4 is 17.2 Å². The van der Waals surface area contributed by atoms with Gasteiger partial charge in [-0.05, 0) is 36.1 Å². The van der Waals surface area contributed by atoms with E-state index >= 15 is 0 Å². The van der Waals surface area contributed by atoms with E-state index in [1.807, 2.05) is 17.5 Å². The van der Waals surface area contributed by atoms with E-state index < -0.39 is 0 Å². The molecule has 88 valence electrons. The second-order valence-electron chi connectivity index (χ2n) is 3.76. The minimum Gasteiger partial charge on any atom is -0.508 e. The van der Waals surface area contributed by atoms with Gasteiger partial charge in [-0.25, -0.2) is 0 Å². The second kappa shape index (κ2) is 5.01. The number of carbonyl (C=O) groups excluding carboxylic acids is 1. The summed E-state index contributed by atoms with van der Waals surface area (Å²) in [6, 6.07) is 8.84. The van der Waals surface area contributed by atoms with E-state index in [1.165, 1.54) is 6.07 Å². The van der Waals surface area contributed by atoms with Crippen LogP contribution in [0, 0.1) is 6.92 Å². The van der Waals surface area contributed by atoms with Gasteiger partial charge >= 0.3 is 0 Å². The van der Waals surface area contributed by atoms with Crippen molar-refractivity contribution in [3.05, 3.63) is 51.7 Å². The van der Waals surface area contributed by atoms with Crippen molar-refractivity contribution < 1.29 is 9.90 Å². The molecule has 0 fully saturated rings. The standard InChI is InChI=1S/C13H13NO2S/c1-9-4-5-10(7-12(9)15)13(16)14-8-11-3-2-6-17-11/h2-7,15H,8H2,1H3,(H,14,16). The average Bonchev–Trinajstić information content (AvgIpc) is 2.82. The second-order valence-corrected chi connectivity index (χ2v) is 4.80. The van der Waals surface area contributed by atoms with Gasteiger partial charge in [-0.15, -0.1) is 11.3 Å². The SMILES string of the molecule is Cc1ccc(C(=O)NCc2cccs2)cc1O. The van der Waals surface area contributed by atoms with Gasteiger partial charge in [-0.2, -0.15) is 0 Å². The van der Waals surface area contributed by atoms with Gasteiger partial charge in [0.05, 0.1) is 6.54 Å². The molecular formula is C13H13NO2S. The summed E-state index contributed by atoms with van der Waals surface area (Å²) in [7, 11) is 0. The van der Waals surface area contributed by atoms with E-state index in [0.717, 1.165) is 10.4 Å². The van der Waals surface area contributed by atoms with Crippen LogP contribution in [0.4, 0.5) is 0 Å². The zero-order valence-corrected chi connectivity index (χ0v) is 10.3. The number of hydrogen-bond donors (Lipinski definition) is 2. The van der Waals surface area contributed by atoms with Crippen LogP contribution in [0.2, 0.25) is 0 Å². The van der Waals surface area contributed by atoms with Crippen molar-refractivity contribution in [3.8, 4) is 5.75 Å². The molecule has 4 heteroatoms. The summed E-state index contributed by atoms with van der Waals surface area (Å²) in [5, 5.41) is 14.3. The van der Waals surface area contributed by atoms with E-state index in [9.17, 15) is 9.90 Å². The van der Waals surface area contributed by atoms with Gasteiger partial charge in [-0.1, -0.05) is 12.1 Å². The normalized spacial score (nSPS) is 10.2. The molecule has 0 aliphatic carbocycles. The van der Waals surface area contributed by atoms with E-state index in [0.29, 0.717) is 12.1 Å². The van der Waals surface area contributed by atoms with Gasteiger partial charge in [0.1, 0.15) is 5.75 Å². The monoisotopic (exact) mass is 247 g/mol. The minimum atomic E-state index is -0.172. The lowest BCUT2D eigenvalue weighted by molar-refractivity contribution is 0.0951. The highest BCUT2D eigenvalue weighted by molar-refractivity contribution is 7.09. The first-order valence-corrected chi connectivity index (χ1v) is 6.15. The predicted molar refractivity (Wildman–Crippen MR) is 68.3 cm³/mol. The Hall–Kier alpha value is -1.81. The molecule has 2 rings (SSSR count). The molecule has 1 aromatic carbocycles. The van der Waals surface area contributed by atoms with Crippen LogP contribution >= 0.6 is 11.3 Å². The molecule has 2 N–H and O–H groups in total. The van der Waals surface area contributed by atoms with Crippen LogP contribution in [-0.2, 0) is 6.54 Å². The van der Waals surface area contributed by atoms with E-state index in [4.69, 9.17) is 0 Å². The number of rotatable bonds is 3. The van der Waals surface area contributed by atoms with Gasteiger partial charge in [0.2, 0.25) is 0 Å². The third-order valence-electron chi connectivity index (χ3n) is 2.47. The smallest absolute Gasteiger partial charge is 0.251 e. The molecule has 1 amide bonds. The number of carbonyl (C=O) groups is 1. The average molecular weight is 247 g/mol. The maximum atomic E-state index is 11.8. The van der Waals surface area contributed by atoms with Crippen LogP contribution in [0.25, 0.3) is 0 Å². The molecule has 0 aliphatic heterocycles. The summed E-state index contributed by atoms with van der Waals surface area (Å²) >= 11 is 1.60. The van der Waals surface area contributed by atoms with E-state index in [2.05, 4.69) is 5.32 Å². The largest absolute Gasteiger partial charge is 0.508 e. The van der Waals surface area contributed by atoms with Crippen LogP contribution < -0.4 is 5.32 Å². The summed E-state index contributed by atoms with van der Waals surface area (Å²) in [5.41, 5.74) is 1.24. The summed E-state index contributed by atoms with van der Waals surface area (Å²) in [6.45, 7) is 2.31. The Kier molecular flexibility index (Phi) is 3.44. The lowest BCUT2D eigenvalue weighted by atomic mass is 10.1. The molecule has 0 aliphatic rings. The first kappa shape index (κ1) is 11.7. The lowest BCUT2D eigenvalue weighted by Gasteiger charge is -2.05. The third-order valence-corrected chi connectivity index (χ3v) is 3.35. The Morgan fingerprint density at radius 1 is 1.41 bits per heavy atom. The Morgan fingerprint density at radius 2 is 2.24 bits per heavy atom. The molecule has 0 radical (unpaired) electrons. The predicted octanol–water partition coefficient (Wildman–Crippen LogP) is 2.69. The van der Waals surface area contributed by atoms with Crippen LogP contribution in [-0.4, -0.2) is 11.0 Å². The molecule has 0 spiro atoms. The molecule has 1 aromatic heterocycles. The van der Waals surface area contributed by atoms with E-state index in [1.54, 1.807) is 30.4 Å². The molecule has 0 bridgehead atoms. The van der Waals surface area contributed by atoms with E-state index in [-0.39, 0.29) is 11.7 Å². The Bertz CT molecular complexity index is 520. The van der Waals surface area contributed by atoms with Crippen molar-refractivity contribution in [1.82, 2.24) is 5.32 Å². The Morgan fingerprint density at radius 3 is 2.88 bits per heavy atom. The van der Waals surface area contributed by atoms with Crippen molar-refractivity contribution in [2.75, 3.05) is 0 Å². The lowest BCUT2D eigenvalue weighted by Crippen LogP contribution is -2.22.